The number of carbonyl (C=O) groups is 1. The van der Waals surface area contributed by atoms with E-state index in [2.05, 4.69) is 15.4 Å². The molecule has 0 atom stereocenters. The van der Waals surface area contributed by atoms with Crippen LogP contribution in [-0.4, -0.2) is 34.7 Å². The quantitative estimate of drug-likeness (QED) is 0.356. The van der Waals surface area contributed by atoms with Crippen molar-refractivity contribution in [3.8, 4) is 22.8 Å². The maximum atomic E-state index is 13.9. The van der Waals surface area contributed by atoms with Crippen LogP contribution in [0, 0.1) is 0 Å². The highest BCUT2D eigenvalue weighted by atomic mass is 35.5. The number of halogens is 5. The monoisotopic (exact) mass is 510 g/mol. The second-order valence-electron chi connectivity index (χ2n) is 7.01. The Balaban J connectivity index is 1.79. The molecule has 2 aromatic carbocycles. The number of carbonyl (C=O) groups excluding carboxylic acids is 1. The van der Waals surface area contributed by atoms with E-state index in [4.69, 9.17) is 32.7 Å². The zero-order valence-electron chi connectivity index (χ0n) is 17.6. The molecule has 0 saturated heterocycles. The van der Waals surface area contributed by atoms with E-state index in [1.54, 1.807) is 12.1 Å². The molecule has 7 nitrogen and oxygen atoms in total. The first-order valence-corrected chi connectivity index (χ1v) is 10.3. The van der Waals surface area contributed by atoms with Crippen LogP contribution in [-0.2, 0) is 6.18 Å². The lowest BCUT2D eigenvalue weighted by molar-refractivity contribution is -0.142. The van der Waals surface area contributed by atoms with Gasteiger partial charge in [-0.3, -0.25) is 4.79 Å². The molecule has 0 aliphatic carbocycles. The lowest BCUT2D eigenvalue weighted by Crippen LogP contribution is -2.15. The number of nitrogens with one attached hydrogen (secondary N) is 1. The molecular weight excluding hydrogens is 496 g/mol. The average Bonchev–Trinajstić information content (AvgIpc) is 3.20. The summed E-state index contributed by atoms with van der Waals surface area (Å²) in [5.41, 5.74) is -0.935. The molecule has 0 bridgehead atoms. The summed E-state index contributed by atoms with van der Waals surface area (Å²) in [6.45, 7) is 0. The molecule has 1 N–H and O–H groups in total. The van der Waals surface area contributed by atoms with Gasteiger partial charge < -0.3 is 14.8 Å². The van der Waals surface area contributed by atoms with Crippen molar-refractivity contribution in [1.29, 1.82) is 0 Å². The highest BCUT2D eigenvalue weighted by molar-refractivity contribution is 6.35. The van der Waals surface area contributed by atoms with Gasteiger partial charge in [0, 0.05) is 27.4 Å². The van der Waals surface area contributed by atoms with Gasteiger partial charge in [0.2, 0.25) is 0 Å². The van der Waals surface area contributed by atoms with Crippen LogP contribution in [0.15, 0.2) is 48.5 Å². The van der Waals surface area contributed by atoms with Crippen molar-refractivity contribution in [2.45, 2.75) is 6.18 Å². The molecular formula is C22H15Cl2F3N4O3. The van der Waals surface area contributed by atoms with Gasteiger partial charge in [0.15, 0.2) is 28.5 Å². The number of ether oxygens (including phenoxy) is 2. The van der Waals surface area contributed by atoms with E-state index in [9.17, 15) is 18.0 Å². The van der Waals surface area contributed by atoms with Crippen molar-refractivity contribution in [2.24, 2.45) is 0 Å². The van der Waals surface area contributed by atoms with Gasteiger partial charge in [-0.25, -0.2) is 9.50 Å². The molecule has 176 valence electrons. The number of fused-ring (bicyclic) bond motifs is 1. The Morgan fingerprint density at radius 2 is 1.65 bits per heavy atom. The fraction of sp³-hybridized carbons (Fsp3) is 0.136. The largest absolute Gasteiger partial charge is 0.493 e. The van der Waals surface area contributed by atoms with Crippen LogP contribution in [0.3, 0.4) is 0 Å². The highest BCUT2D eigenvalue weighted by Crippen LogP contribution is 2.35. The van der Waals surface area contributed by atoms with E-state index in [1.165, 1.54) is 38.5 Å². The normalized spacial score (nSPS) is 11.5. The van der Waals surface area contributed by atoms with Crippen LogP contribution in [0.4, 0.5) is 18.9 Å². The van der Waals surface area contributed by atoms with Gasteiger partial charge >= 0.3 is 6.18 Å². The Bertz CT molecular complexity index is 1390. The SMILES string of the molecule is COc1ccc(-c2cc(C(F)(F)F)n3nc(C(=O)Nc4cc(Cl)cc(Cl)c4)cc3n2)cc1OC. The van der Waals surface area contributed by atoms with E-state index >= 15 is 0 Å². The molecule has 0 saturated carbocycles. The van der Waals surface area contributed by atoms with Gasteiger partial charge in [0.25, 0.3) is 5.91 Å². The summed E-state index contributed by atoms with van der Waals surface area (Å²) in [5.74, 6) is -0.0265. The first-order chi connectivity index (χ1) is 16.1. The first kappa shape index (κ1) is 23.7. The van der Waals surface area contributed by atoms with Crippen molar-refractivity contribution < 1.29 is 27.4 Å². The predicted molar refractivity (Wildman–Crippen MR) is 121 cm³/mol. The maximum Gasteiger partial charge on any atom is 0.433 e. The van der Waals surface area contributed by atoms with Gasteiger partial charge in [-0.2, -0.15) is 18.3 Å². The van der Waals surface area contributed by atoms with E-state index in [0.717, 1.165) is 12.1 Å². The van der Waals surface area contributed by atoms with Gasteiger partial charge in [0.1, 0.15) is 0 Å². The number of hydrogen-bond acceptors (Lipinski definition) is 5. The zero-order chi connectivity index (χ0) is 24.6. The molecule has 34 heavy (non-hydrogen) atoms. The number of methoxy groups -OCH3 is 2. The fourth-order valence-electron chi connectivity index (χ4n) is 3.25. The molecule has 0 fully saturated rings. The highest BCUT2D eigenvalue weighted by Gasteiger charge is 2.35. The van der Waals surface area contributed by atoms with E-state index in [0.29, 0.717) is 21.6 Å². The summed E-state index contributed by atoms with van der Waals surface area (Å²) in [7, 11) is 2.86. The third kappa shape index (κ3) is 4.73. The number of amides is 1. The lowest BCUT2D eigenvalue weighted by atomic mass is 10.1. The number of rotatable bonds is 5. The Morgan fingerprint density at radius 3 is 2.26 bits per heavy atom. The molecule has 0 aliphatic heterocycles. The van der Waals surface area contributed by atoms with Crippen molar-refractivity contribution in [2.75, 3.05) is 19.5 Å². The average molecular weight is 511 g/mol. The minimum Gasteiger partial charge on any atom is -0.493 e. The molecule has 0 spiro atoms. The molecule has 2 heterocycles. The minimum atomic E-state index is -4.77. The number of nitrogens with zero attached hydrogens (tertiary/aromatic N) is 3. The molecule has 2 aromatic heterocycles. The lowest BCUT2D eigenvalue weighted by Gasteiger charge is -2.12. The molecule has 4 rings (SSSR count). The van der Waals surface area contributed by atoms with Gasteiger partial charge in [-0.15, -0.1) is 0 Å². The zero-order valence-corrected chi connectivity index (χ0v) is 19.1. The van der Waals surface area contributed by atoms with E-state index < -0.39 is 17.8 Å². The number of aromatic nitrogens is 3. The molecule has 0 unspecified atom stereocenters. The molecule has 1 amide bonds. The maximum absolute atomic E-state index is 13.9. The van der Waals surface area contributed by atoms with Crippen LogP contribution in [0.25, 0.3) is 16.9 Å². The molecule has 0 aliphatic rings. The number of alkyl halides is 3. The van der Waals surface area contributed by atoms with Gasteiger partial charge in [0.05, 0.1) is 19.9 Å². The Labute approximate surface area is 201 Å². The summed E-state index contributed by atoms with van der Waals surface area (Å²) in [4.78, 5) is 16.9. The summed E-state index contributed by atoms with van der Waals surface area (Å²) < 4.78 is 52.6. The van der Waals surface area contributed by atoms with Crippen LogP contribution in [0.5, 0.6) is 11.5 Å². The smallest absolute Gasteiger partial charge is 0.433 e. The number of hydrogen-bond donors (Lipinski definition) is 1. The second kappa shape index (κ2) is 9.03. The minimum absolute atomic E-state index is 0.00857. The Kier molecular flexibility index (Phi) is 6.28. The third-order valence-electron chi connectivity index (χ3n) is 4.75. The van der Waals surface area contributed by atoms with E-state index in [1.807, 2.05) is 0 Å². The van der Waals surface area contributed by atoms with Crippen LogP contribution < -0.4 is 14.8 Å². The fourth-order valence-corrected chi connectivity index (χ4v) is 3.78. The Hall–Kier alpha value is -3.50. The van der Waals surface area contributed by atoms with Gasteiger partial charge in [-0.05, 0) is 42.5 Å². The van der Waals surface area contributed by atoms with Crippen molar-refractivity contribution in [3.63, 3.8) is 0 Å². The van der Waals surface area contributed by atoms with Gasteiger partial charge in [-0.1, -0.05) is 23.2 Å². The summed E-state index contributed by atoms with van der Waals surface area (Å²) in [5, 5.41) is 6.89. The van der Waals surface area contributed by atoms with Crippen LogP contribution >= 0.6 is 23.2 Å². The summed E-state index contributed by atoms with van der Waals surface area (Å²) in [6, 6.07) is 11.0. The second-order valence-corrected chi connectivity index (χ2v) is 7.88. The van der Waals surface area contributed by atoms with E-state index in [-0.39, 0.29) is 32.8 Å². The third-order valence-corrected chi connectivity index (χ3v) is 5.19. The number of benzene rings is 2. The summed E-state index contributed by atoms with van der Waals surface area (Å²) >= 11 is 11.8. The van der Waals surface area contributed by atoms with Crippen molar-refractivity contribution >= 4 is 40.4 Å². The Morgan fingerprint density at radius 1 is 0.971 bits per heavy atom. The van der Waals surface area contributed by atoms with Crippen molar-refractivity contribution in [3.05, 3.63) is 70.0 Å². The van der Waals surface area contributed by atoms with Crippen molar-refractivity contribution in [1.82, 2.24) is 14.6 Å². The van der Waals surface area contributed by atoms with Crippen LogP contribution in [0.1, 0.15) is 16.2 Å². The molecule has 12 heteroatoms. The topological polar surface area (TPSA) is 77.8 Å². The standard InChI is InChI=1S/C22H15Cl2F3N4O3/c1-33-17-4-3-11(5-18(17)34-2)15-9-19(22(25,26)27)31-20(29-15)10-16(30-31)21(32)28-14-7-12(23)6-13(24)8-14/h3-10H,1-2H3,(H,28,32). The summed E-state index contributed by atoms with van der Waals surface area (Å²) in [6.07, 6.45) is -4.77. The first-order valence-electron chi connectivity index (χ1n) is 9.57. The molecule has 0 radical (unpaired) electrons. The van der Waals surface area contributed by atoms with Crippen LogP contribution in [0.2, 0.25) is 10.0 Å². The molecule has 4 aromatic rings. The number of anilines is 1. The predicted octanol–water partition coefficient (Wildman–Crippen LogP) is 5.99.